The van der Waals surface area contributed by atoms with Gasteiger partial charge in [-0.15, -0.1) is 0 Å². The van der Waals surface area contributed by atoms with Gasteiger partial charge in [-0.3, -0.25) is 0 Å². The molecule has 74 heavy (non-hydrogen) atoms. The molecule has 0 saturated carbocycles. The Morgan fingerprint density at radius 1 is 0.365 bits per heavy atom. The Kier molecular flexibility index (Phi) is 11.4. The summed E-state index contributed by atoms with van der Waals surface area (Å²) in [5.41, 5.74) is 7.87. The minimum absolute atomic E-state index is 0.0430. The quantitative estimate of drug-likeness (QED) is 0.0778. The van der Waals surface area contributed by atoms with Crippen molar-refractivity contribution in [2.24, 2.45) is 0 Å². The van der Waals surface area contributed by atoms with Crippen LogP contribution in [-0.4, -0.2) is 0 Å². The maximum atomic E-state index is 17.1. The fourth-order valence-corrected chi connectivity index (χ4v) is 10.1. The predicted molar refractivity (Wildman–Crippen MR) is 292 cm³/mol. The summed E-state index contributed by atoms with van der Waals surface area (Å²) in [5.74, 6) is -2.59. The average Bonchev–Trinajstić information content (AvgIpc) is 3.45. The highest BCUT2D eigenvalue weighted by Crippen LogP contribution is 2.49. The lowest BCUT2D eigenvalue weighted by Crippen LogP contribution is -2.14. The molecule has 0 atom stereocenters. The van der Waals surface area contributed by atoms with E-state index < -0.39 is 23.3 Å². The molecule has 0 fully saturated rings. The minimum Gasteiger partial charge on any atom is -0.307 e. The van der Waals surface area contributed by atoms with Crippen molar-refractivity contribution >= 4 is 72.1 Å². The van der Waals surface area contributed by atoms with Gasteiger partial charge in [-0.25, -0.2) is 22.4 Å². The predicted octanol–water partition coefficient (Wildman–Crippen LogP) is 19.2. The number of benzene rings is 12. The highest BCUT2D eigenvalue weighted by molar-refractivity contribution is 6.28. The van der Waals surface area contributed by atoms with Crippen LogP contribution in [0.4, 0.5) is 57.4 Å². The van der Waals surface area contributed by atoms with Gasteiger partial charge in [-0.1, -0.05) is 158 Å². The van der Waals surface area contributed by atoms with Crippen molar-refractivity contribution < 1.29 is 17.6 Å². The van der Waals surface area contributed by atoms with Crippen LogP contribution in [0.3, 0.4) is 0 Å². The molecule has 12 aromatic carbocycles. The van der Waals surface area contributed by atoms with E-state index in [2.05, 4.69) is 10.9 Å². The van der Waals surface area contributed by atoms with E-state index in [0.717, 1.165) is 43.8 Å². The third-order valence-corrected chi connectivity index (χ3v) is 13.8. The molecule has 0 aromatic heterocycles. The van der Waals surface area contributed by atoms with E-state index >= 15 is 17.6 Å². The van der Waals surface area contributed by atoms with E-state index in [-0.39, 0.29) is 22.5 Å². The maximum Gasteiger partial charge on any atom is 0.187 e. The fraction of sp³-hybridized carbons (Fsp3) is 0. The van der Waals surface area contributed by atoms with E-state index in [4.69, 9.17) is 6.57 Å². The molecular formula is C66H38F4N4. The first kappa shape index (κ1) is 45.1. The second-order valence-corrected chi connectivity index (χ2v) is 18.0. The molecular weight excluding hydrogens is 925 g/mol. The van der Waals surface area contributed by atoms with Crippen LogP contribution in [0.5, 0.6) is 0 Å². The smallest absolute Gasteiger partial charge is 0.187 e. The largest absolute Gasteiger partial charge is 0.307 e. The molecule has 4 nitrogen and oxygen atoms in total. The Morgan fingerprint density at radius 2 is 0.743 bits per heavy atom. The Labute approximate surface area is 424 Å². The number of anilines is 6. The molecule has 0 radical (unpaired) electrons. The second kappa shape index (κ2) is 18.6. The molecule has 0 aliphatic carbocycles. The van der Waals surface area contributed by atoms with Gasteiger partial charge >= 0.3 is 0 Å². The van der Waals surface area contributed by atoms with Crippen LogP contribution in [0.25, 0.3) is 81.7 Å². The Morgan fingerprint density at radius 3 is 1.15 bits per heavy atom. The average molecular weight is 963 g/mol. The number of halogens is 4. The van der Waals surface area contributed by atoms with Gasteiger partial charge in [0.15, 0.2) is 5.69 Å². The lowest BCUT2D eigenvalue weighted by Gasteiger charge is -2.30. The molecule has 0 bridgehead atoms. The highest BCUT2D eigenvalue weighted by atomic mass is 19.1. The van der Waals surface area contributed by atoms with Crippen LogP contribution >= 0.6 is 0 Å². The third-order valence-electron chi connectivity index (χ3n) is 13.8. The molecule has 0 aliphatic rings. The summed E-state index contributed by atoms with van der Waals surface area (Å²) in [6.45, 7) is 7.63. The van der Waals surface area contributed by atoms with Gasteiger partial charge in [-0.2, -0.15) is 5.26 Å². The van der Waals surface area contributed by atoms with Gasteiger partial charge in [0.2, 0.25) is 0 Å². The number of rotatable bonds is 10. The van der Waals surface area contributed by atoms with Crippen LogP contribution in [0.1, 0.15) is 5.56 Å². The van der Waals surface area contributed by atoms with E-state index in [0.29, 0.717) is 55.9 Å². The van der Waals surface area contributed by atoms with E-state index in [1.807, 2.05) is 133 Å². The van der Waals surface area contributed by atoms with Crippen LogP contribution in [0, 0.1) is 41.2 Å². The van der Waals surface area contributed by atoms with Gasteiger partial charge in [0, 0.05) is 45.4 Å². The minimum atomic E-state index is -0.671. The van der Waals surface area contributed by atoms with Crippen molar-refractivity contribution in [3.05, 3.63) is 271 Å². The lowest BCUT2D eigenvalue weighted by molar-refractivity contribution is 0.604. The molecule has 0 spiro atoms. The fourth-order valence-electron chi connectivity index (χ4n) is 10.1. The van der Waals surface area contributed by atoms with Gasteiger partial charge in [0.1, 0.15) is 23.3 Å². The molecule has 0 aliphatic heterocycles. The molecule has 0 heterocycles. The summed E-state index contributed by atoms with van der Waals surface area (Å²) in [7, 11) is 0. The molecule has 8 heteroatoms. The van der Waals surface area contributed by atoms with Crippen LogP contribution in [0.2, 0.25) is 0 Å². The summed E-state index contributed by atoms with van der Waals surface area (Å²) in [5, 5.41) is 14.5. The van der Waals surface area contributed by atoms with Crippen molar-refractivity contribution in [2.75, 3.05) is 9.80 Å². The van der Waals surface area contributed by atoms with Crippen LogP contribution in [-0.2, 0) is 0 Å². The Balaban J connectivity index is 1.00. The molecule has 0 amide bonds. The topological polar surface area (TPSA) is 34.6 Å². The van der Waals surface area contributed by atoms with Gasteiger partial charge in [0.25, 0.3) is 0 Å². The molecule has 0 saturated heterocycles. The van der Waals surface area contributed by atoms with Crippen molar-refractivity contribution in [3.63, 3.8) is 0 Å². The van der Waals surface area contributed by atoms with Gasteiger partial charge < -0.3 is 9.80 Å². The van der Waals surface area contributed by atoms with Crippen LogP contribution in [0.15, 0.2) is 231 Å². The molecule has 350 valence electrons. The first-order chi connectivity index (χ1) is 36.2. The summed E-state index contributed by atoms with van der Waals surface area (Å²) in [6, 6.07) is 70.1. The van der Waals surface area contributed by atoms with E-state index in [9.17, 15) is 5.26 Å². The first-order valence-electron chi connectivity index (χ1n) is 23.8. The zero-order valence-electron chi connectivity index (χ0n) is 39.2. The van der Waals surface area contributed by atoms with Crippen molar-refractivity contribution in [3.8, 4) is 50.6 Å². The summed E-state index contributed by atoms with van der Waals surface area (Å²) < 4.78 is 67.4. The zero-order valence-corrected chi connectivity index (χ0v) is 39.2. The lowest BCUT2D eigenvalue weighted by atomic mass is 9.91. The van der Waals surface area contributed by atoms with Gasteiger partial charge in [0.05, 0.1) is 41.0 Å². The van der Waals surface area contributed by atoms with Crippen molar-refractivity contribution in [1.82, 2.24) is 0 Å². The van der Waals surface area contributed by atoms with Crippen molar-refractivity contribution in [2.45, 2.75) is 0 Å². The molecule has 12 rings (SSSR count). The standard InChI is InChI=1S/C66H38F4N4/c1-72-50-26-30-52(31-27-50)74(64-39-58(68)56(37-60(64)70)47-20-16-45(17-21-47)43-10-6-3-7-11-43)62-35-25-49-22-32-53-61(34-24-48-23-33-54(62)66(49)65(48)53)73(51-28-12-41(40-71)13-29-51)63-38-57(67)55(36-59(63)69)46-18-14-44(15-19-46)42-8-4-2-5-9-42/h2-39H. The number of hydrogen-bond donors (Lipinski definition) is 0. The highest BCUT2D eigenvalue weighted by Gasteiger charge is 2.26. The molecule has 0 N–H and O–H groups in total. The normalized spacial score (nSPS) is 11.2. The maximum absolute atomic E-state index is 17.1. The summed E-state index contributed by atoms with van der Waals surface area (Å²) in [4.78, 5) is 6.90. The second-order valence-electron chi connectivity index (χ2n) is 18.0. The molecule has 0 unspecified atom stereocenters. The zero-order chi connectivity index (χ0) is 50.5. The van der Waals surface area contributed by atoms with E-state index in [1.54, 1.807) is 82.6 Å². The number of hydrogen-bond acceptors (Lipinski definition) is 3. The summed E-state index contributed by atoms with van der Waals surface area (Å²) in [6.07, 6.45) is 0. The Hall–Kier alpha value is -10.0. The van der Waals surface area contributed by atoms with Crippen molar-refractivity contribution in [1.29, 1.82) is 5.26 Å². The monoisotopic (exact) mass is 962 g/mol. The SMILES string of the molecule is [C-]#[N+]c1ccc(N(c2cc(F)c(-c3ccc(-c4ccccc4)cc3)cc2F)c2ccc3ccc4c(N(c5ccc(C#N)cc5)c5cc(F)c(-c6ccc(-c7ccccc7)cc6)cc5F)ccc5ccc2c3c54)cc1. The Bertz CT molecular complexity index is 3890. The summed E-state index contributed by atoms with van der Waals surface area (Å²) >= 11 is 0. The number of nitriles is 1. The van der Waals surface area contributed by atoms with E-state index in [1.165, 1.54) is 24.3 Å². The van der Waals surface area contributed by atoms with Crippen LogP contribution < -0.4 is 9.80 Å². The van der Waals surface area contributed by atoms with Gasteiger partial charge in [-0.05, 0) is 116 Å². The number of nitrogens with zero attached hydrogens (tertiary/aromatic N) is 4. The molecule has 12 aromatic rings. The first-order valence-corrected chi connectivity index (χ1v) is 23.8. The third kappa shape index (κ3) is 7.98.